The molecule has 0 radical (unpaired) electrons. The van der Waals surface area contributed by atoms with Crippen LogP contribution in [0.2, 0.25) is 0 Å². The van der Waals surface area contributed by atoms with Gasteiger partial charge in [0.2, 0.25) is 5.89 Å². The van der Waals surface area contributed by atoms with Crippen LogP contribution < -0.4 is 10.2 Å². The first-order valence-electron chi connectivity index (χ1n) is 19.6. The van der Waals surface area contributed by atoms with Gasteiger partial charge in [-0.05, 0) is 72.4 Å². The number of anilines is 1. The molecule has 3 unspecified atom stereocenters. The van der Waals surface area contributed by atoms with Crippen LogP contribution >= 0.6 is 0 Å². The van der Waals surface area contributed by atoms with Gasteiger partial charge in [-0.3, -0.25) is 0 Å². The van der Waals surface area contributed by atoms with Crippen molar-refractivity contribution in [3.8, 4) is 17.1 Å². The van der Waals surface area contributed by atoms with E-state index in [1.807, 2.05) is 30.3 Å². The highest BCUT2D eigenvalue weighted by atomic mass is 16.3. The lowest BCUT2D eigenvalue weighted by molar-refractivity contribution is 0.488. The monoisotopic (exact) mass is 725 g/mol. The van der Waals surface area contributed by atoms with Gasteiger partial charge in [-0.1, -0.05) is 133 Å². The van der Waals surface area contributed by atoms with Gasteiger partial charge in [0, 0.05) is 51.3 Å². The van der Waals surface area contributed by atoms with Crippen molar-refractivity contribution < 1.29 is 4.42 Å². The number of nitrogens with one attached hydrogen (secondary N) is 1. The number of aliphatic imine (C=N–C) groups is 1. The summed E-state index contributed by atoms with van der Waals surface area (Å²) in [7, 11) is 0. The average molecular weight is 726 g/mol. The number of nitrogens with zero attached hydrogens (tertiary/aromatic N) is 4. The number of hydrogen-bond donors (Lipinski definition) is 1. The van der Waals surface area contributed by atoms with E-state index in [9.17, 15) is 0 Å². The predicted molar refractivity (Wildman–Crippen MR) is 228 cm³/mol. The van der Waals surface area contributed by atoms with E-state index in [1.54, 1.807) is 0 Å². The first kappa shape index (κ1) is 32.5. The van der Waals surface area contributed by atoms with E-state index in [-0.39, 0.29) is 12.0 Å². The number of para-hydroxylation sites is 2. The molecule has 3 aliphatic rings. The Labute approximate surface area is 325 Å². The van der Waals surface area contributed by atoms with E-state index in [4.69, 9.17) is 14.4 Å². The van der Waals surface area contributed by atoms with Crippen LogP contribution in [0, 0.1) is 0 Å². The smallest absolute Gasteiger partial charge is 0.227 e. The molecule has 0 amide bonds. The van der Waals surface area contributed by atoms with Crippen LogP contribution in [-0.4, -0.2) is 21.6 Å². The maximum Gasteiger partial charge on any atom is 0.227 e. The van der Waals surface area contributed by atoms with E-state index < -0.39 is 6.29 Å². The number of fused-ring (bicyclic) bond motifs is 8. The summed E-state index contributed by atoms with van der Waals surface area (Å²) in [5.74, 6) is 0.729. The van der Waals surface area contributed by atoms with Crippen LogP contribution in [0.1, 0.15) is 59.2 Å². The molecule has 4 heterocycles. The van der Waals surface area contributed by atoms with Gasteiger partial charge in [-0.15, -0.1) is 0 Å². The van der Waals surface area contributed by atoms with Crippen LogP contribution in [0.15, 0.2) is 179 Å². The molecule has 0 spiro atoms. The second-order valence-electron chi connectivity index (χ2n) is 14.8. The molecule has 270 valence electrons. The summed E-state index contributed by atoms with van der Waals surface area (Å²) >= 11 is 0. The van der Waals surface area contributed by atoms with Crippen molar-refractivity contribution in [1.29, 1.82) is 0 Å². The molecule has 6 heteroatoms. The first-order valence-corrected chi connectivity index (χ1v) is 19.6. The SMILES string of the molecule is C1=CC2c3ccccc3N(C3/N=C(/c4ccccc4)CCC/C=C(/c4ccccc4)N3)C2c2c1c1ccccc1n2-c1ccc2nc(-c3ccccc3)oc2c1. The molecule has 0 fully saturated rings. The van der Waals surface area contributed by atoms with E-state index in [2.05, 4.69) is 160 Å². The molecule has 1 aliphatic carbocycles. The number of aromatic nitrogens is 2. The molecule has 2 aliphatic heterocycles. The van der Waals surface area contributed by atoms with E-state index in [1.165, 1.54) is 33.5 Å². The topological polar surface area (TPSA) is 58.6 Å². The largest absolute Gasteiger partial charge is 0.436 e. The van der Waals surface area contributed by atoms with Crippen molar-refractivity contribution >= 4 is 45.2 Å². The molecule has 6 nitrogen and oxygen atoms in total. The average Bonchev–Trinajstić information content (AvgIpc) is 3.96. The molecule has 0 saturated carbocycles. The van der Waals surface area contributed by atoms with Gasteiger partial charge in [0.1, 0.15) is 5.52 Å². The highest BCUT2D eigenvalue weighted by molar-refractivity contribution is 6.01. The van der Waals surface area contributed by atoms with Gasteiger partial charge in [0.05, 0.1) is 17.3 Å². The van der Waals surface area contributed by atoms with Crippen LogP contribution in [0.3, 0.4) is 0 Å². The normalized spacial score (nSPS) is 20.8. The molecule has 1 N–H and O–H groups in total. The summed E-state index contributed by atoms with van der Waals surface area (Å²) in [5.41, 5.74) is 14.3. The lowest BCUT2D eigenvalue weighted by Crippen LogP contribution is -2.46. The summed E-state index contributed by atoms with van der Waals surface area (Å²) in [6, 6.07) is 55.6. The van der Waals surface area contributed by atoms with Crippen molar-refractivity contribution in [2.45, 2.75) is 37.5 Å². The van der Waals surface area contributed by atoms with Gasteiger partial charge >= 0.3 is 0 Å². The molecular weight excluding hydrogens is 687 g/mol. The quantitative estimate of drug-likeness (QED) is 0.192. The summed E-state index contributed by atoms with van der Waals surface area (Å²) in [6.45, 7) is 0. The fourth-order valence-electron chi connectivity index (χ4n) is 9.04. The lowest BCUT2D eigenvalue weighted by atomic mass is 9.86. The summed E-state index contributed by atoms with van der Waals surface area (Å²) in [4.78, 5) is 13.2. The Bertz CT molecular complexity index is 2830. The van der Waals surface area contributed by atoms with E-state index in [0.717, 1.165) is 64.1 Å². The zero-order valence-electron chi connectivity index (χ0n) is 30.8. The zero-order chi connectivity index (χ0) is 37.0. The number of hydrogen-bond acceptors (Lipinski definition) is 5. The predicted octanol–water partition coefficient (Wildman–Crippen LogP) is 11.7. The first-order chi connectivity index (χ1) is 27.8. The second-order valence-corrected chi connectivity index (χ2v) is 14.8. The van der Waals surface area contributed by atoms with Crippen molar-refractivity contribution in [3.63, 3.8) is 0 Å². The van der Waals surface area contributed by atoms with Gasteiger partial charge in [0.15, 0.2) is 11.9 Å². The Morgan fingerprint density at radius 3 is 2.23 bits per heavy atom. The van der Waals surface area contributed by atoms with Crippen LogP contribution in [0.5, 0.6) is 0 Å². The minimum absolute atomic E-state index is 0.0684. The Morgan fingerprint density at radius 1 is 0.696 bits per heavy atom. The van der Waals surface area contributed by atoms with Crippen molar-refractivity contribution in [2.24, 2.45) is 4.99 Å². The molecule has 2 aromatic heterocycles. The highest BCUT2D eigenvalue weighted by Gasteiger charge is 2.46. The van der Waals surface area contributed by atoms with Crippen molar-refractivity contribution in [2.75, 3.05) is 4.90 Å². The highest BCUT2D eigenvalue weighted by Crippen LogP contribution is 2.55. The number of rotatable bonds is 5. The van der Waals surface area contributed by atoms with Crippen molar-refractivity contribution in [3.05, 3.63) is 198 Å². The molecule has 0 saturated heterocycles. The van der Waals surface area contributed by atoms with Crippen LogP contribution in [0.25, 0.3) is 50.9 Å². The van der Waals surface area contributed by atoms with E-state index in [0.29, 0.717) is 5.89 Å². The minimum atomic E-state index is -0.401. The van der Waals surface area contributed by atoms with Crippen LogP contribution in [0.4, 0.5) is 5.69 Å². The van der Waals surface area contributed by atoms with Crippen LogP contribution in [-0.2, 0) is 0 Å². The molecular formula is C50H39N5O. The minimum Gasteiger partial charge on any atom is -0.436 e. The van der Waals surface area contributed by atoms with Crippen molar-refractivity contribution in [1.82, 2.24) is 14.9 Å². The fourth-order valence-corrected chi connectivity index (χ4v) is 9.04. The standard InChI is InChI=1S/C50H39N5O/c1-4-16-33(17-5-1)41-24-12-13-25-42(34-18-6-2-7-19-34)53-50(52-41)55-45-27-15-11-23-38(45)40-30-29-39-37-22-10-14-26-44(37)54(47(39)48(40)55)36-28-31-43-46(32-36)56-49(51-43)35-20-8-3-9-21-35/h1-11,14-24,26-32,40,48,50,52H,12-13,25H2/b41-24-,53-42+. The maximum absolute atomic E-state index is 6.46. The number of allylic oxidation sites excluding steroid dienone is 1. The maximum atomic E-state index is 6.46. The molecule has 56 heavy (non-hydrogen) atoms. The lowest BCUT2D eigenvalue weighted by Gasteiger charge is -2.38. The Balaban J connectivity index is 1.13. The van der Waals surface area contributed by atoms with Gasteiger partial charge in [0.25, 0.3) is 0 Å². The Hall–Kier alpha value is -6.92. The van der Waals surface area contributed by atoms with Gasteiger partial charge in [-0.25, -0.2) is 9.98 Å². The third kappa shape index (κ3) is 5.40. The molecule has 0 bridgehead atoms. The van der Waals surface area contributed by atoms with E-state index >= 15 is 0 Å². The third-order valence-corrected chi connectivity index (χ3v) is 11.6. The molecule has 8 aromatic rings. The molecule has 11 rings (SSSR count). The Kier molecular flexibility index (Phi) is 7.80. The zero-order valence-corrected chi connectivity index (χ0v) is 30.8. The third-order valence-electron chi connectivity index (χ3n) is 11.6. The fraction of sp³-hybridized carbons (Fsp3) is 0.120. The van der Waals surface area contributed by atoms with Gasteiger partial charge < -0.3 is 19.2 Å². The number of oxazole rings is 1. The van der Waals surface area contributed by atoms with Gasteiger partial charge in [-0.2, -0.15) is 0 Å². The molecule has 6 aromatic carbocycles. The number of benzene rings is 6. The summed E-state index contributed by atoms with van der Waals surface area (Å²) < 4.78 is 8.92. The molecule has 3 atom stereocenters. The Morgan fingerprint density at radius 2 is 1.41 bits per heavy atom. The summed E-state index contributed by atoms with van der Waals surface area (Å²) in [5, 5.41) is 5.26. The second kappa shape index (κ2) is 13.4. The summed E-state index contributed by atoms with van der Waals surface area (Å²) in [6.07, 6.45) is 9.58.